The predicted molar refractivity (Wildman–Crippen MR) is 269 cm³/mol. The van der Waals surface area contributed by atoms with E-state index in [1.807, 2.05) is 89.8 Å². The third kappa shape index (κ3) is 11.2. The van der Waals surface area contributed by atoms with Crippen molar-refractivity contribution in [2.24, 2.45) is 0 Å². The van der Waals surface area contributed by atoms with Crippen LogP contribution in [0, 0.1) is 12.3 Å². The Morgan fingerprint density at radius 3 is 1.84 bits per heavy atom. The average Bonchev–Trinajstić information content (AvgIpc) is 4.32. The number of benzene rings is 4. The van der Waals surface area contributed by atoms with E-state index in [0.29, 0.717) is 50.0 Å². The molecule has 21 nitrogen and oxygen atoms in total. The highest BCUT2D eigenvalue weighted by Crippen LogP contribution is 2.34. The van der Waals surface area contributed by atoms with Gasteiger partial charge in [-0.1, -0.05) is 71.6 Å². The summed E-state index contributed by atoms with van der Waals surface area (Å²) in [7, 11) is 0. The van der Waals surface area contributed by atoms with E-state index in [4.69, 9.17) is 56.1 Å². The highest BCUT2D eigenvalue weighted by Gasteiger charge is 2.31. The summed E-state index contributed by atoms with van der Waals surface area (Å²) in [6, 6.07) is 30.4. The Bertz CT molecular complexity index is 3820. The van der Waals surface area contributed by atoms with Crippen LogP contribution in [0.25, 0.3) is 68.4 Å². The average molecular weight is 1050 g/mol. The highest BCUT2D eigenvalue weighted by molar-refractivity contribution is 6.32. The first-order valence-electron chi connectivity index (χ1n) is 21.6. The zero-order valence-corrected chi connectivity index (χ0v) is 39.7. The van der Waals surface area contributed by atoms with E-state index in [1.54, 1.807) is 29.1 Å². The molecule has 0 radical (unpaired) electrons. The molecule has 1 amide bonds. The van der Waals surface area contributed by atoms with Crippen molar-refractivity contribution in [1.82, 2.24) is 64.6 Å². The van der Waals surface area contributed by atoms with E-state index in [1.165, 1.54) is 29.1 Å². The van der Waals surface area contributed by atoms with Crippen molar-refractivity contribution in [3.8, 4) is 80.8 Å². The minimum Gasteiger partial charge on any atom is -0.379 e. The van der Waals surface area contributed by atoms with Gasteiger partial charge in [-0.2, -0.15) is 13.2 Å². The van der Waals surface area contributed by atoms with Crippen molar-refractivity contribution >= 4 is 52.3 Å². The summed E-state index contributed by atoms with van der Waals surface area (Å²) >= 11 is 12.4. The number of nitrogens with zero attached hydrogens (tertiary/aromatic N) is 13. The van der Waals surface area contributed by atoms with Crippen LogP contribution >= 0.6 is 23.2 Å². The van der Waals surface area contributed by atoms with Crippen LogP contribution in [0.2, 0.25) is 10.0 Å². The normalized spacial score (nSPS) is 11.0. The molecule has 0 saturated heterocycles. The van der Waals surface area contributed by atoms with Gasteiger partial charge < -0.3 is 27.1 Å². The number of pyridine rings is 1. The second-order valence-electron chi connectivity index (χ2n) is 15.5. The largest absolute Gasteiger partial charge is 0.416 e. The topological polar surface area (TPSA) is 290 Å². The maximum Gasteiger partial charge on any atom is 0.416 e. The van der Waals surface area contributed by atoms with Gasteiger partial charge in [0, 0.05) is 64.6 Å². The van der Waals surface area contributed by atoms with Gasteiger partial charge >= 0.3 is 6.18 Å². The minimum atomic E-state index is -4.49. The van der Waals surface area contributed by atoms with Crippen LogP contribution in [-0.4, -0.2) is 70.5 Å². The quantitative estimate of drug-likeness (QED) is 0.0928. The number of carbonyl (C=O) groups excluding carboxylic acids is 1. The molecule has 0 aliphatic rings. The number of alkyl halides is 3. The van der Waals surface area contributed by atoms with Crippen molar-refractivity contribution in [2.75, 3.05) is 22.5 Å². The molecule has 75 heavy (non-hydrogen) atoms. The highest BCUT2D eigenvalue weighted by atomic mass is 35.5. The summed E-state index contributed by atoms with van der Waals surface area (Å²) in [6.07, 6.45) is 11.2. The smallest absolute Gasteiger partial charge is 0.379 e. The molecule has 0 aliphatic carbocycles. The third-order valence-corrected chi connectivity index (χ3v) is 11.2. The molecule has 0 fully saturated rings. The fourth-order valence-electron chi connectivity index (χ4n) is 7.19. The fourth-order valence-corrected chi connectivity index (χ4v) is 7.61. The lowest BCUT2D eigenvalue weighted by Crippen LogP contribution is -2.19. The molecule has 374 valence electrons. The Hall–Kier alpha value is -10.1. The van der Waals surface area contributed by atoms with Gasteiger partial charge in [0.15, 0.2) is 52.0 Å². The number of halogens is 5. The van der Waals surface area contributed by atoms with Crippen molar-refractivity contribution < 1.29 is 31.9 Å². The predicted octanol–water partition coefficient (Wildman–Crippen LogP) is 9.20. The molecule has 0 spiro atoms. The number of amides is 1. The first-order chi connectivity index (χ1) is 36.2. The third-order valence-electron chi connectivity index (χ3n) is 10.6. The molecule has 7 aromatic heterocycles. The summed E-state index contributed by atoms with van der Waals surface area (Å²) in [5, 5.41) is 25.6. The number of nitrogens with one attached hydrogen (secondary N) is 1. The maximum absolute atomic E-state index is 12.7. The van der Waals surface area contributed by atoms with E-state index in [2.05, 4.69) is 66.7 Å². The number of hydrogen-bond acceptors (Lipinski definition) is 17. The molecule has 7 heterocycles. The second-order valence-corrected chi connectivity index (χ2v) is 16.3. The van der Waals surface area contributed by atoms with Gasteiger partial charge in [0.2, 0.25) is 5.91 Å². The zero-order valence-electron chi connectivity index (χ0n) is 38.2. The summed E-state index contributed by atoms with van der Waals surface area (Å²) in [6.45, 7) is -0.210. The Morgan fingerprint density at radius 2 is 1.25 bits per heavy atom. The molecular formula is C49H34Cl2F3N17O4. The van der Waals surface area contributed by atoms with Crippen LogP contribution in [0.4, 0.5) is 36.3 Å². The fraction of sp³-hybridized carbons (Fsp3) is 0.0408. The van der Waals surface area contributed by atoms with Crippen molar-refractivity contribution in [1.29, 1.82) is 0 Å². The molecule has 0 unspecified atom stereocenters. The Labute approximate surface area is 430 Å². The molecule has 4 aromatic carbocycles. The summed E-state index contributed by atoms with van der Waals surface area (Å²) in [4.78, 5) is 29.6. The number of nitrogens with two attached hydrogens (primary N) is 3. The standard InChI is InChI=1S/C18H12N6O.C17H11Cl2N5O.C14H11F3N6O2/c1-2-12-6-3-4-8-15(12)24-11-14(13-7-5-9-20-10-13)21-18(24)16-17(19)23-25-22-16;18-11-5-3-4-10(8-11)13-9-24(14-7-2-1-6-12(14)19)17(21-13)15-16(20)23-25-22-15;15-14(16,17)8-2-1-3-9(6-8)20-10(24)7-23-5-4-19-13(23)11-12(18)22-25-21-11/h1,3-11H,(H2,19,23);1-9H,(H2,20,23);1-6H,7H2,(H2,18,22)(H,20,24). The number of rotatable bonds is 10. The molecule has 0 atom stereocenters. The number of para-hydroxylation sites is 2. The van der Waals surface area contributed by atoms with Crippen LogP contribution in [0.15, 0.2) is 160 Å². The van der Waals surface area contributed by atoms with Crippen molar-refractivity contribution in [2.45, 2.75) is 12.7 Å². The zero-order chi connectivity index (χ0) is 52.6. The number of carbonyl (C=O) groups is 1. The Kier molecular flexibility index (Phi) is 14.4. The van der Waals surface area contributed by atoms with Crippen LogP contribution in [-0.2, 0) is 17.5 Å². The van der Waals surface area contributed by atoms with Crippen LogP contribution < -0.4 is 22.5 Å². The summed E-state index contributed by atoms with van der Waals surface area (Å²) < 4.78 is 57.1. The molecule has 0 bridgehead atoms. The van der Waals surface area contributed by atoms with E-state index in [9.17, 15) is 18.0 Å². The lowest BCUT2D eigenvalue weighted by atomic mass is 10.2. The van der Waals surface area contributed by atoms with Gasteiger partial charge in [-0.25, -0.2) is 28.8 Å². The number of nitrogen functional groups attached to an aromatic ring is 3. The molecular weight excluding hydrogens is 1020 g/mol. The van der Waals surface area contributed by atoms with Gasteiger partial charge in [0.05, 0.1) is 33.3 Å². The lowest BCUT2D eigenvalue weighted by Gasteiger charge is -2.10. The van der Waals surface area contributed by atoms with Crippen LogP contribution in [0.3, 0.4) is 0 Å². The van der Waals surface area contributed by atoms with Gasteiger partial charge in [0.1, 0.15) is 6.54 Å². The molecule has 0 saturated carbocycles. The van der Waals surface area contributed by atoms with E-state index in [-0.39, 0.29) is 41.2 Å². The number of anilines is 4. The molecule has 11 aromatic rings. The monoisotopic (exact) mass is 1050 g/mol. The molecule has 11 rings (SSSR count). The first-order valence-corrected chi connectivity index (χ1v) is 22.4. The van der Waals surface area contributed by atoms with Crippen LogP contribution in [0.1, 0.15) is 11.1 Å². The van der Waals surface area contributed by atoms with Crippen molar-refractivity contribution in [3.05, 3.63) is 168 Å². The molecule has 0 aliphatic heterocycles. The Morgan fingerprint density at radius 1 is 0.667 bits per heavy atom. The minimum absolute atomic E-state index is 0.00531. The maximum atomic E-state index is 12.7. The summed E-state index contributed by atoms with van der Waals surface area (Å²) in [5.74, 6) is 3.65. The van der Waals surface area contributed by atoms with Gasteiger partial charge in [0.25, 0.3) is 0 Å². The van der Waals surface area contributed by atoms with E-state index in [0.717, 1.165) is 34.6 Å². The summed E-state index contributed by atoms with van der Waals surface area (Å²) in [5.41, 5.74) is 22.7. The number of aromatic nitrogens is 13. The van der Waals surface area contributed by atoms with Crippen molar-refractivity contribution in [3.63, 3.8) is 0 Å². The number of hydrogen-bond donors (Lipinski definition) is 4. The SMILES string of the molecule is C#Cc1ccccc1-n1cc(-c2cccnc2)nc1-c1nonc1N.Nc1nonc1-c1nc(-c2cccc(Cl)c2)cn1-c1ccccc1Cl.Nc1nonc1-c1nccn1CC(=O)Nc1cccc(C(F)(F)F)c1. The number of imidazole rings is 3. The van der Waals surface area contributed by atoms with Crippen LogP contribution in [0.5, 0.6) is 0 Å². The number of terminal acetylenes is 1. The van der Waals surface area contributed by atoms with E-state index < -0.39 is 17.6 Å². The molecule has 26 heteroatoms. The Balaban J connectivity index is 0.000000138. The lowest BCUT2D eigenvalue weighted by molar-refractivity contribution is -0.137. The van der Waals surface area contributed by atoms with E-state index >= 15 is 0 Å². The molecule has 7 N–H and O–H groups in total. The van der Waals surface area contributed by atoms with Gasteiger partial charge in [-0.3, -0.25) is 18.9 Å². The van der Waals surface area contributed by atoms with Gasteiger partial charge in [-0.05, 0) is 97.7 Å². The van der Waals surface area contributed by atoms with Gasteiger partial charge in [-0.15, -0.1) is 6.42 Å². The first kappa shape index (κ1) is 49.8. The second kappa shape index (κ2) is 21.7.